The first-order valence-electron chi connectivity index (χ1n) is 7.53. The predicted octanol–water partition coefficient (Wildman–Crippen LogP) is 2.71. The highest BCUT2D eigenvalue weighted by Crippen LogP contribution is 2.39. The lowest BCUT2D eigenvalue weighted by Gasteiger charge is -2.20. The molecule has 0 amide bonds. The molecule has 7 heteroatoms. The second kappa shape index (κ2) is 6.02. The number of hydrogen-bond donors (Lipinski definition) is 1. The van der Waals surface area contributed by atoms with Crippen molar-refractivity contribution < 1.29 is 12.8 Å². The summed E-state index contributed by atoms with van der Waals surface area (Å²) >= 11 is 3.26. The molecule has 0 aliphatic heterocycles. The van der Waals surface area contributed by atoms with Gasteiger partial charge in [0, 0.05) is 18.7 Å². The van der Waals surface area contributed by atoms with Gasteiger partial charge in [0.05, 0.1) is 6.54 Å². The predicted molar refractivity (Wildman–Crippen MR) is 83.4 cm³/mol. The number of nitrogens with zero attached hydrogens (tertiary/aromatic N) is 1. The minimum Gasteiger partial charge on any atom is -0.452 e. The molecule has 0 radical (unpaired) electrons. The van der Waals surface area contributed by atoms with Gasteiger partial charge in [-0.05, 0) is 54.1 Å². The summed E-state index contributed by atoms with van der Waals surface area (Å²) in [5, 5.41) is 3.14. The Bertz CT molecular complexity index is 606. The van der Waals surface area contributed by atoms with Crippen molar-refractivity contribution in [3.63, 3.8) is 0 Å². The molecule has 5 nitrogen and oxygen atoms in total. The summed E-state index contributed by atoms with van der Waals surface area (Å²) in [5.74, 6) is 1.19. The number of furan rings is 1. The summed E-state index contributed by atoms with van der Waals surface area (Å²) in [5.41, 5.74) is 0. The maximum atomic E-state index is 12.9. The Balaban J connectivity index is 1.83. The van der Waals surface area contributed by atoms with Gasteiger partial charge in [0.15, 0.2) is 4.67 Å². The normalized spacial score (nSPS) is 19.4. The Labute approximate surface area is 134 Å². The summed E-state index contributed by atoms with van der Waals surface area (Å²) < 4.78 is 33.3. The molecule has 0 unspecified atom stereocenters. The third-order valence-corrected chi connectivity index (χ3v) is 6.71. The Morgan fingerprint density at radius 2 is 2.10 bits per heavy atom. The van der Waals surface area contributed by atoms with Crippen LogP contribution in [0.2, 0.25) is 0 Å². The van der Waals surface area contributed by atoms with Gasteiger partial charge in [0.2, 0.25) is 10.0 Å². The van der Waals surface area contributed by atoms with Crippen molar-refractivity contribution in [3.8, 4) is 0 Å². The number of sulfonamides is 1. The number of rotatable bonds is 8. The number of hydrogen-bond acceptors (Lipinski definition) is 4. The molecule has 1 N–H and O–H groups in total. The topological polar surface area (TPSA) is 62.6 Å². The highest BCUT2D eigenvalue weighted by Gasteiger charge is 2.42. The lowest BCUT2D eigenvalue weighted by molar-refractivity contribution is 0.387. The van der Waals surface area contributed by atoms with Crippen LogP contribution in [0.4, 0.5) is 0 Å². The van der Waals surface area contributed by atoms with Crippen molar-refractivity contribution in [2.24, 2.45) is 5.92 Å². The van der Waals surface area contributed by atoms with Gasteiger partial charge < -0.3 is 9.73 Å². The third-order valence-electron chi connectivity index (χ3n) is 3.93. The highest BCUT2D eigenvalue weighted by molar-refractivity contribution is 9.10. The van der Waals surface area contributed by atoms with Crippen LogP contribution in [0.5, 0.6) is 0 Å². The Morgan fingerprint density at radius 1 is 1.38 bits per heavy atom. The van der Waals surface area contributed by atoms with Crippen molar-refractivity contribution >= 4 is 26.0 Å². The van der Waals surface area contributed by atoms with Gasteiger partial charge in [-0.25, -0.2) is 8.42 Å². The van der Waals surface area contributed by atoms with Crippen LogP contribution in [-0.2, 0) is 16.6 Å². The fourth-order valence-corrected chi connectivity index (χ4v) is 5.12. The molecule has 0 spiro atoms. The van der Waals surface area contributed by atoms with Crippen LogP contribution in [0.15, 0.2) is 20.0 Å². The molecule has 1 aromatic heterocycles. The standard InChI is InChI=1S/C14H21BrN2O3S/c1-2-16-8-12-7-13(14(15)20-12)21(18,19)17(11-5-6-11)9-10-3-4-10/h7,10-11,16H,2-6,8-9H2,1H3. The Morgan fingerprint density at radius 3 is 2.67 bits per heavy atom. The van der Waals surface area contributed by atoms with Gasteiger partial charge in [-0.2, -0.15) is 4.31 Å². The molecule has 1 heterocycles. The van der Waals surface area contributed by atoms with Gasteiger partial charge in [0.25, 0.3) is 0 Å². The van der Waals surface area contributed by atoms with Crippen molar-refractivity contribution in [2.75, 3.05) is 13.1 Å². The molecular formula is C14H21BrN2O3S. The molecule has 2 fully saturated rings. The monoisotopic (exact) mass is 376 g/mol. The zero-order chi connectivity index (χ0) is 15.0. The third kappa shape index (κ3) is 3.52. The van der Waals surface area contributed by atoms with E-state index in [1.165, 1.54) is 0 Å². The largest absolute Gasteiger partial charge is 0.452 e. The van der Waals surface area contributed by atoms with Crippen LogP contribution in [0.3, 0.4) is 0 Å². The van der Waals surface area contributed by atoms with Crippen LogP contribution < -0.4 is 5.32 Å². The highest BCUT2D eigenvalue weighted by atomic mass is 79.9. The van der Waals surface area contributed by atoms with E-state index in [9.17, 15) is 8.42 Å². The first kappa shape index (κ1) is 15.5. The Hall–Kier alpha value is -0.370. The van der Waals surface area contributed by atoms with Gasteiger partial charge >= 0.3 is 0 Å². The number of nitrogens with one attached hydrogen (secondary N) is 1. The van der Waals surface area contributed by atoms with Crippen molar-refractivity contribution in [1.82, 2.24) is 9.62 Å². The summed E-state index contributed by atoms with van der Waals surface area (Å²) in [6, 6.07) is 1.83. The fraction of sp³-hybridized carbons (Fsp3) is 0.714. The van der Waals surface area contributed by atoms with Crippen molar-refractivity contribution in [2.45, 2.75) is 50.1 Å². The Kier molecular flexibility index (Phi) is 4.45. The molecule has 0 bridgehead atoms. The summed E-state index contributed by atoms with van der Waals surface area (Å²) in [6.45, 7) is 4.01. The number of halogens is 1. The minimum absolute atomic E-state index is 0.189. The van der Waals surface area contributed by atoms with Gasteiger partial charge in [-0.3, -0.25) is 0 Å². The van der Waals surface area contributed by atoms with E-state index in [2.05, 4.69) is 21.2 Å². The minimum atomic E-state index is -3.46. The zero-order valence-corrected chi connectivity index (χ0v) is 14.5. The smallest absolute Gasteiger partial charge is 0.247 e. The lowest BCUT2D eigenvalue weighted by Crippen LogP contribution is -2.34. The van der Waals surface area contributed by atoms with E-state index >= 15 is 0 Å². The summed E-state index contributed by atoms with van der Waals surface area (Å²) in [6.07, 6.45) is 4.26. The van der Waals surface area contributed by atoms with Crippen LogP contribution in [-0.4, -0.2) is 31.9 Å². The first-order chi connectivity index (χ1) is 10.0. The molecule has 1 aromatic rings. The molecular weight excluding hydrogens is 356 g/mol. The van der Waals surface area contributed by atoms with Crippen LogP contribution in [0, 0.1) is 5.92 Å². The van der Waals surface area contributed by atoms with Gasteiger partial charge in [-0.15, -0.1) is 0 Å². The first-order valence-corrected chi connectivity index (χ1v) is 9.76. The second-order valence-corrected chi connectivity index (χ2v) is 8.46. The molecule has 0 atom stereocenters. The molecule has 2 saturated carbocycles. The SMILES string of the molecule is CCNCc1cc(S(=O)(=O)N(CC2CC2)C2CC2)c(Br)o1. The molecule has 2 aliphatic rings. The van der Waals surface area contributed by atoms with E-state index < -0.39 is 10.0 Å². The molecule has 3 rings (SSSR count). The summed E-state index contributed by atoms with van der Waals surface area (Å²) in [7, 11) is -3.46. The average Bonchev–Trinajstić information content (AvgIpc) is 3.32. The van der Waals surface area contributed by atoms with E-state index in [0.29, 0.717) is 29.4 Å². The zero-order valence-electron chi connectivity index (χ0n) is 12.1. The summed E-state index contributed by atoms with van der Waals surface area (Å²) in [4.78, 5) is 0.267. The molecule has 0 saturated heterocycles. The maximum Gasteiger partial charge on any atom is 0.247 e. The van der Waals surface area contributed by atoms with E-state index in [-0.39, 0.29) is 10.9 Å². The van der Waals surface area contributed by atoms with Crippen LogP contribution >= 0.6 is 15.9 Å². The van der Waals surface area contributed by atoms with Crippen LogP contribution in [0.25, 0.3) is 0 Å². The quantitative estimate of drug-likeness (QED) is 0.757. The van der Waals surface area contributed by atoms with E-state index in [0.717, 1.165) is 32.2 Å². The van der Waals surface area contributed by atoms with E-state index in [1.807, 2.05) is 6.92 Å². The van der Waals surface area contributed by atoms with Gasteiger partial charge in [-0.1, -0.05) is 6.92 Å². The van der Waals surface area contributed by atoms with Crippen molar-refractivity contribution in [1.29, 1.82) is 0 Å². The lowest BCUT2D eigenvalue weighted by atomic mass is 10.4. The maximum absolute atomic E-state index is 12.9. The molecule has 118 valence electrons. The van der Waals surface area contributed by atoms with Gasteiger partial charge in [0.1, 0.15) is 10.7 Å². The molecule has 21 heavy (non-hydrogen) atoms. The second-order valence-electron chi connectivity index (χ2n) is 5.88. The molecule has 2 aliphatic carbocycles. The van der Waals surface area contributed by atoms with E-state index in [1.54, 1.807) is 10.4 Å². The average molecular weight is 377 g/mol. The fourth-order valence-electron chi connectivity index (χ4n) is 2.40. The van der Waals surface area contributed by atoms with Crippen LogP contribution in [0.1, 0.15) is 38.4 Å². The molecule has 0 aromatic carbocycles. The van der Waals surface area contributed by atoms with E-state index in [4.69, 9.17) is 4.42 Å². The van der Waals surface area contributed by atoms with Crippen molar-refractivity contribution in [3.05, 3.63) is 16.5 Å².